The first-order valence-electron chi connectivity index (χ1n) is 11.0. The molecular formula is C27H22FN5O2. The number of hydrogen-bond acceptors (Lipinski definition) is 4. The fourth-order valence-corrected chi connectivity index (χ4v) is 4.30. The number of carbonyl (C=O) groups excluding carboxylic acids is 1. The molecule has 0 fully saturated rings. The molecule has 2 aromatic heterocycles. The van der Waals surface area contributed by atoms with Crippen molar-refractivity contribution < 1.29 is 9.18 Å². The van der Waals surface area contributed by atoms with Crippen LogP contribution in [0.1, 0.15) is 16.1 Å². The van der Waals surface area contributed by atoms with Gasteiger partial charge in [-0.25, -0.2) is 14.1 Å². The average Bonchev–Trinajstić information content (AvgIpc) is 3.07. The standard InChI is InChI=1S/C27H22FN5O2/c1-16-24(27(35)33(32(16)2)18-7-4-3-5-8-18)26(34)31-17-11-12-21(23(28)15-17)19-9-6-10-22-20(19)13-14-30-25(22)29/h3-15H,1-2H3,(H2,29,30)(H,31,34). The number of nitrogen functional groups attached to an aromatic ring is 1. The highest BCUT2D eigenvalue weighted by atomic mass is 19.1. The smallest absolute Gasteiger partial charge is 0.284 e. The molecule has 35 heavy (non-hydrogen) atoms. The third-order valence-electron chi connectivity index (χ3n) is 6.14. The van der Waals surface area contributed by atoms with Crippen LogP contribution in [0.15, 0.2) is 83.8 Å². The Morgan fingerprint density at radius 1 is 0.971 bits per heavy atom. The molecule has 1 amide bonds. The van der Waals surface area contributed by atoms with Crippen LogP contribution in [0, 0.1) is 12.7 Å². The van der Waals surface area contributed by atoms with E-state index in [2.05, 4.69) is 10.3 Å². The summed E-state index contributed by atoms with van der Waals surface area (Å²) in [5.74, 6) is -0.751. The molecule has 7 nitrogen and oxygen atoms in total. The highest BCUT2D eigenvalue weighted by Gasteiger charge is 2.22. The van der Waals surface area contributed by atoms with Crippen molar-refractivity contribution in [2.45, 2.75) is 6.92 Å². The first kappa shape index (κ1) is 22.1. The Morgan fingerprint density at radius 3 is 2.49 bits per heavy atom. The SMILES string of the molecule is Cc1c(C(=O)Nc2ccc(-c3cccc4c(N)nccc34)c(F)c2)c(=O)n(-c2ccccc2)n1C. The van der Waals surface area contributed by atoms with Gasteiger partial charge in [0.1, 0.15) is 17.2 Å². The van der Waals surface area contributed by atoms with Gasteiger partial charge < -0.3 is 11.1 Å². The number of nitrogens with one attached hydrogen (secondary N) is 1. The van der Waals surface area contributed by atoms with Gasteiger partial charge in [-0.05, 0) is 54.3 Å². The molecule has 0 radical (unpaired) electrons. The van der Waals surface area contributed by atoms with Gasteiger partial charge in [0.25, 0.3) is 11.5 Å². The molecule has 8 heteroatoms. The van der Waals surface area contributed by atoms with Gasteiger partial charge in [0, 0.05) is 29.9 Å². The Balaban J connectivity index is 1.48. The Hall–Kier alpha value is -4.72. The summed E-state index contributed by atoms with van der Waals surface area (Å²) in [5.41, 5.74) is 7.92. The maximum absolute atomic E-state index is 15.2. The molecule has 2 heterocycles. The number of hydrogen-bond donors (Lipinski definition) is 2. The molecule has 174 valence electrons. The van der Waals surface area contributed by atoms with Crippen LogP contribution in [0.3, 0.4) is 0 Å². The van der Waals surface area contributed by atoms with Crippen LogP contribution in [0.2, 0.25) is 0 Å². The maximum Gasteiger partial charge on any atom is 0.284 e. The Bertz CT molecular complexity index is 1650. The second kappa shape index (κ2) is 8.57. The fraction of sp³-hybridized carbons (Fsp3) is 0.0741. The molecule has 0 unspecified atom stereocenters. The largest absolute Gasteiger partial charge is 0.383 e. The summed E-state index contributed by atoms with van der Waals surface area (Å²) in [5, 5.41) is 4.17. The number of carbonyl (C=O) groups is 1. The molecular weight excluding hydrogens is 445 g/mol. The number of anilines is 2. The van der Waals surface area contributed by atoms with Crippen molar-refractivity contribution in [1.29, 1.82) is 0 Å². The van der Waals surface area contributed by atoms with E-state index in [0.29, 0.717) is 28.3 Å². The Morgan fingerprint density at radius 2 is 1.74 bits per heavy atom. The highest BCUT2D eigenvalue weighted by molar-refractivity contribution is 6.05. The molecule has 0 bridgehead atoms. The van der Waals surface area contributed by atoms with E-state index in [1.54, 1.807) is 67.3 Å². The zero-order chi connectivity index (χ0) is 24.7. The summed E-state index contributed by atoms with van der Waals surface area (Å²) in [7, 11) is 1.71. The molecule has 0 saturated heterocycles. The van der Waals surface area contributed by atoms with Crippen molar-refractivity contribution in [2.24, 2.45) is 7.05 Å². The summed E-state index contributed by atoms with van der Waals surface area (Å²) in [6.07, 6.45) is 1.58. The Labute approximate surface area is 200 Å². The van der Waals surface area contributed by atoms with E-state index >= 15 is 4.39 Å². The molecule has 5 rings (SSSR count). The number of halogens is 1. The van der Waals surface area contributed by atoms with Crippen molar-refractivity contribution in [3.05, 3.63) is 106 Å². The lowest BCUT2D eigenvalue weighted by Crippen LogP contribution is -2.25. The fourth-order valence-electron chi connectivity index (χ4n) is 4.30. The van der Waals surface area contributed by atoms with E-state index in [1.807, 2.05) is 24.3 Å². The minimum atomic E-state index is -0.603. The van der Waals surface area contributed by atoms with Gasteiger partial charge >= 0.3 is 0 Å². The third-order valence-corrected chi connectivity index (χ3v) is 6.14. The zero-order valence-corrected chi connectivity index (χ0v) is 19.1. The monoisotopic (exact) mass is 467 g/mol. The van der Waals surface area contributed by atoms with Crippen LogP contribution in [0.4, 0.5) is 15.9 Å². The van der Waals surface area contributed by atoms with Crippen molar-refractivity contribution in [2.75, 3.05) is 11.1 Å². The molecule has 0 spiro atoms. The van der Waals surface area contributed by atoms with Gasteiger partial charge in [-0.3, -0.25) is 14.3 Å². The van der Waals surface area contributed by atoms with Crippen molar-refractivity contribution in [3.8, 4) is 16.8 Å². The molecule has 3 aromatic carbocycles. The van der Waals surface area contributed by atoms with E-state index in [0.717, 1.165) is 10.8 Å². The lowest BCUT2D eigenvalue weighted by Gasteiger charge is -2.11. The van der Waals surface area contributed by atoms with Crippen molar-refractivity contribution in [1.82, 2.24) is 14.3 Å². The average molecular weight is 468 g/mol. The third kappa shape index (κ3) is 3.74. The summed E-state index contributed by atoms with van der Waals surface area (Å²) in [4.78, 5) is 30.2. The predicted molar refractivity (Wildman–Crippen MR) is 135 cm³/mol. The first-order chi connectivity index (χ1) is 16.9. The van der Waals surface area contributed by atoms with Crippen LogP contribution in [-0.4, -0.2) is 20.3 Å². The van der Waals surface area contributed by atoms with Gasteiger partial charge in [0.15, 0.2) is 0 Å². The second-order valence-electron chi connectivity index (χ2n) is 8.18. The molecule has 5 aromatic rings. The lowest BCUT2D eigenvalue weighted by atomic mass is 9.98. The maximum atomic E-state index is 15.2. The number of benzene rings is 3. The highest BCUT2D eigenvalue weighted by Crippen LogP contribution is 2.33. The first-order valence-corrected chi connectivity index (χ1v) is 11.0. The molecule has 0 saturated carbocycles. The lowest BCUT2D eigenvalue weighted by molar-refractivity contribution is 0.102. The minimum absolute atomic E-state index is 0.00198. The number of nitrogens with zero attached hydrogens (tertiary/aromatic N) is 3. The predicted octanol–water partition coefficient (Wildman–Crippen LogP) is 4.67. The van der Waals surface area contributed by atoms with Crippen LogP contribution in [0.25, 0.3) is 27.6 Å². The summed E-state index contributed by atoms with van der Waals surface area (Å²) < 4.78 is 18.2. The quantitative estimate of drug-likeness (QED) is 0.401. The second-order valence-corrected chi connectivity index (χ2v) is 8.18. The van der Waals surface area contributed by atoms with Crippen molar-refractivity contribution in [3.63, 3.8) is 0 Å². The molecule has 0 atom stereocenters. The summed E-state index contributed by atoms with van der Waals surface area (Å²) in [6.45, 7) is 1.69. The van der Waals surface area contributed by atoms with Crippen LogP contribution in [0.5, 0.6) is 0 Å². The molecule has 0 aliphatic carbocycles. The number of aromatic nitrogens is 3. The van der Waals surface area contributed by atoms with E-state index in [-0.39, 0.29) is 11.3 Å². The van der Waals surface area contributed by atoms with E-state index in [1.165, 1.54) is 10.7 Å². The molecule has 0 aliphatic heterocycles. The van der Waals surface area contributed by atoms with Gasteiger partial charge in [-0.2, -0.15) is 0 Å². The van der Waals surface area contributed by atoms with Crippen LogP contribution in [-0.2, 0) is 7.05 Å². The van der Waals surface area contributed by atoms with Crippen LogP contribution < -0.4 is 16.6 Å². The van der Waals surface area contributed by atoms with E-state index in [4.69, 9.17) is 5.73 Å². The number of amides is 1. The van der Waals surface area contributed by atoms with Gasteiger partial charge in [-0.15, -0.1) is 0 Å². The van der Waals surface area contributed by atoms with E-state index in [9.17, 15) is 9.59 Å². The van der Waals surface area contributed by atoms with E-state index < -0.39 is 17.3 Å². The number of nitrogens with two attached hydrogens (primary N) is 1. The van der Waals surface area contributed by atoms with Gasteiger partial charge in [-0.1, -0.05) is 36.4 Å². The summed E-state index contributed by atoms with van der Waals surface area (Å²) in [6, 6.07) is 20.7. The molecule has 3 N–H and O–H groups in total. The number of para-hydroxylation sites is 1. The number of pyridine rings is 1. The Kier molecular flexibility index (Phi) is 5.41. The topological polar surface area (TPSA) is 94.9 Å². The normalized spacial score (nSPS) is 11.1. The van der Waals surface area contributed by atoms with Gasteiger partial charge in [0.05, 0.1) is 11.4 Å². The molecule has 0 aliphatic rings. The van der Waals surface area contributed by atoms with Gasteiger partial charge in [0.2, 0.25) is 0 Å². The zero-order valence-electron chi connectivity index (χ0n) is 19.1. The number of fused-ring (bicyclic) bond motifs is 1. The number of rotatable bonds is 4. The van der Waals surface area contributed by atoms with Crippen molar-refractivity contribution >= 4 is 28.2 Å². The van der Waals surface area contributed by atoms with Crippen LogP contribution >= 0.6 is 0 Å². The summed E-state index contributed by atoms with van der Waals surface area (Å²) >= 11 is 0. The minimum Gasteiger partial charge on any atom is -0.383 e.